The number of piperazine rings is 1. The van der Waals surface area contributed by atoms with E-state index in [1.807, 2.05) is 18.7 Å². The molecule has 0 bridgehead atoms. The fourth-order valence-electron chi connectivity index (χ4n) is 3.27. The zero-order valence-electron chi connectivity index (χ0n) is 17.5. The SMILES string of the molecule is CN=C(NCC(C)(C)C(=O)NC)N1CCN(CC(=O)N2CCOCC2)CC1.I. The molecule has 0 atom stereocenters. The van der Waals surface area contributed by atoms with Crippen molar-refractivity contribution < 1.29 is 14.3 Å². The third-order valence-corrected chi connectivity index (χ3v) is 5.14. The minimum absolute atomic E-state index is 0. The fraction of sp³-hybridized carbons (Fsp3) is 0.833. The zero-order valence-corrected chi connectivity index (χ0v) is 19.8. The van der Waals surface area contributed by atoms with E-state index in [0.717, 1.165) is 32.1 Å². The number of ether oxygens (including phenoxy) is 1. The first kappa shape index (κ1) is 24.9. The van der Waals surface area contributed by atoms with Crippen molar-refractivity contribution in [1.29, 1.82) is 0 Å². The number of guanidine groups is 1. The van der Waals surface area contributed by atoms with Crippen LogP contribution in [0.1, 0.15) is 13.8 Å². The molecule has 0 aromatic carbocycles. The lowest BCUT2D eigenvalue weighted by molar-refractivity contribution is -0.136. The molecule has 0 aromatic heterocycles. The van der Waals surface area contributed by atoms with Crippen LogP contribution in [0.15, 0.2) is 4.99 Å². The fourth-order valence-corrected chi connectivity index (χ4v) is 3.27. The average molecular weight is 510 g/mol. The number of aliphatic imine (C=N–C) groups is 1. The molecule has 9 nitrogen and oxygen atoms in total. The maximum atomic E-state index is 12.4. The largest absolute Gasteiger partial charge is 0.378 e. The summed E-state index contributed by atoms with van der Waals surface area (Å²) in [6.45, 7) is 10.7. The van der Waals surface area contributed by atoms with Crippen LogP contribution >= 0.6 is 24.0 Å². The monoisotopic (exact) mass is 510 g/mol. The van der Waals surface area contributed by atoms with Crippen LogP contribution in [0.4, 0.5) is 0 Å². The maximum absolute atomic E-state index is 12.4. The van der Waals surface area contributed by atoms with Gasteiger partial charge in [0, 0.05) is 59.9 Å². The van der Waals surface area contributed by atoms with Gasteiger partial charge in [0.15, 0.2) is 5.96 Å². The van der Waals surface area contributed by atoms with Gasteiger partial charge in [-0.2, -0.15) is 0 Å². The molecule has 10 heteroatoms. The predicted molar refractivity (Wildman–Crippen MR) is 120 cm³/mol. The number of nitrogens with one attached hydrogen (secondary N) is 2. The van der Waals surface area contributed by atoms with E-state index in [-0.39, 0.29) is 35.8 Å². The number of carbonyl (C=O) groups is 2. The van der Waals surface area contributed by atoms with Crippen LogP contribution in [0.2, 0.25) is 0 Å². The second kappa shape index (κ2) is 11.8. The lowest BCUT2D eigenvalue weighted by Gasteiger charge is -2.38. The van der Waals surface area contributed by atoms with Crippen molar-refractivity contribution in [3.63, 3.8) is 0 Å². The number of amides is 2. The number of morpholine rings is 1. The average Bonchev–Trinajstić information content (AvgIpc) is 2.69. The Morgan fingerprint density at radius 1 is 1.04 bits per heavy atom. The standard InChI is InChI=1S/C18H34N6O3.HI/c1-18(2,16(26)19-3)14-21-17(20-4)24-7-5-22(6-8-24)13-15(25)23-9-11-27-12-10-23;/h5-14H2,1-4H3,(H,19,26)(H,20,21);1H. The number of carbonyl (C=O) groups excluding carboxylic acids is 2. The van der Waals surface area contributed by atoms with Gasteiger partial charge in [-0.1, -0.05) is 0 Å². The van der Waals surface area contributed by atoms with E-state index >= 15 is 0 Å². The molecule has 2 amide bonds. The van der Waals surface area contributed by atoms with E-state index in [1.165, 1.54) is 0 Å². The highest BCUT2D eigenvalue weighted by atomic mass is 127. The minimum atomic E-state index is -0.517. The van der Waals surface area contributed by atoms with Crippen molar-refractivity contribution in [2.24, 2.45) is 10.4 Å². The summed E-state index contributed by atoms with van der Waals surface area (Å²) in [5.74, 6) is 0.976. The summed E-state index contributed by atoms with van der Waals surface area (Å²) in [6, 6.07) is 0. The molecule has 2 N–H and O–H groups in total. The molecule has 0 radical (unpaired) electrons. The molecule has 2 fully saturated rings. The van der Waals surface area contributed by atoms with E-state index in [0.29, 0.717) is 39.4 Å². The third-order valence-electron chi connectivity index (χ3n) is 5.14. The Hall–Kier alpha value is -1.14. The number of halogens is 1. The molecule has 0 spiro atoms. The Labute approximate surface area is 185 Å². The van der Waals surface area contributed by atoms with Crippen LogP contribution in [0, 0.1) is 5.41 Å². The van der Waals surface area contributed by atoms with Crippen LogP contribution in [-0.2, 0) is 14.3 Å². The minimum Gasteiger partial charge on any atom is -0.378 e. The second-order valence-corrected chi connectivity index (χ2v) is 7.62. The summed E-state index contributed by atoms with van der Waals surface area (Å²) >= 11 is 0. The highest BCUT2D eigenvalue weighted by Gasteiger charge is 2.28. The molecule has 2 aliphatic heterocycles. The lowest BCUT2D eigenvalue weighted by atomic mass is 9.92. The van der Waals surface area contributed by atoms with E-state index < -0.39 is 5.41 Å². The summed E-state index contributed by atoms with van der Waals surface area (Å²) in [5, 5.41) is 6.00. The van der Waals surface area contributed by atoms with Crippen LogP contribution in [-0.4, -0.2) is 112 Å². The lowest BCUT2D eigenvalue weighted by Crippen LogP contribution is -2.56. The summed E-state index contributed by atoms with van der Waals surface area (Å²) in [7, 11) is 3.40. The van der Waals surface area contributed by atoms with E-state index in [1.54, 1.807) is 14.1 Å². The molecule has 2 saturated heterocycles. The van der Waals surface area contributed by atoms with Gasteiger partial charge in [-0.15, -0.1) is 24.0 Å². The Balaban J connectivity index is 0.00000392. The van der Waals surface area contributed by atoms with Crippen molar-refractivity contribution in [2.75, 3.05) is 79.7 Å². The zero-order chi connectivity index (χ0) is 19.9. The first-order chi connectivity index (χ1) is 12.9. The summed E-state index contributed by atoms with van der Waals surface area (Å²) in [4.78, 5) is 34.9. The molecule has 162 valence electrons. The topological polar surface area (TPSA) is 89.5 Å². The summed E-state index contributed by atoms with van der Waals surface area (Å²) in [5.41, 5.74) is -0.517. The molecule has 2 rings (SSSR count). The van der Waals surface area contributed by atoms with Crippen molar-refractivity contribution in [3.8, 4) is 0 Å². The molecule has 0 aliphatic carbocycles. The highest BCUT2D eigenvalue weighted by molar-refractivity contribution is 14.0. The Bertz CT molecular complexity index is 543. The van der Waals surface area contributed by atoms with Crippen LogP contribution in [0.25, 0.3) is 0 Å². The predicted octanol–water partition coefficient (Wildman–Crippen LogP) is -0.572. The van der Waals surface area contributed by atoms with Gasteiger partial charge in [0.2, 0.25) is 11.8 Å². The first-order valence-corrected chi connectivity index (χ1v) is 9.63. The molecular formula is C18H35IN6O3. The van der Waals surface area contributed by atoms with Gasteiger partial charge < -0.3 is 25.2 Å². The smallest absolute Gasteiger partial charge is 0.236 e. The van der Waals surface area contributed by atoms with Gasteiger partial charge in [-0.05, 0) is 13.8 Å². The summed E-state index contributed by atoms with van der Waals surface area (Å²) < 4.78 is 5.30. The molecule has 0 saturated carbocycles. The van der Waals surface area contributed by atoms with Crippen LogP contribution in [0.3, 0.4) is 0 Å². The quantitative estimate of drug-likeness (QED) is 0.293. The van der Waals surface area contributed by atoms with Gasteiger partial charge in [0.1, 0.15) is 0 Å². The number of hydrogen-bond donors (Lipinski definition) is 2. The summed E-state index contributed by atoms with van der Waals surface area (Å²) in [6.07, 6.45) is 0. The number of nitrogens with zero attached hydrogens (tertiary/aromatic N) is 4. The van der Waals surface area contributed by atoms with Crippen molar-refractivity contribution >= 4 is 41.8 Å². The van der Waals surface area contributed by atoms with Gasteiger partial charge in [0.05, 0.1) is 25.2 Å². The Kier molecular flexibility index (Phi) is 10.5. The normalized spacial score (nSPS) is 19.1. The van der Waals surface area contributed by atoms with Crippen molar-refractivity contribution in [3.05, 3.63) is 0 Å². The number of hydrogen-bond acceptors (Lipinski definition) is 5. The molecular weight excluding hydrogens is 475 g/mol. The van der Waals surface area contributed by atoms with Gasteiger partial charge in [-0.3, -0.25) is 19.5 Å². The van der Waals surface area contributed by atoms with E-state index in [4.69, 9.17) is 4.74 Å². The molecule has 0 unspecified atom stereocenters. The third kappa shape index (κ3) is 7.03. The van der Waals surface area contributed by atoms with E-state index in [9.17, 15) is 9.59 Å². The molecule has 0 aromatic rings. The van der Waals surface area contributed by atoms with Gasteiger partial charge >= 0.3 is 0 Å². The van der Waals surface area contributed by atoms with Crippen LogP contribution < -0.4 is 10.6 Å². The van der Waals surface area contributed by atoms with Crippen molar-refractivity contribution in [1.82, 2.24) is 25.3 Å². The maximum Gasteiger partial charge on any atom is 0.236 e. The van der Waals surface area contributed by atoms with E-state index in [2.05, 4.69) is 25.4 Å². The molecule has 28 heavy (non-hydrogen) atoms. The van der Waals surface area contributed by atoms with Gasteiger partial charge in [0.25, 0.3) is 0 Å². The first-order valence-electron chi connectivity index (χ1n) is 9.63. The molecule has 2 heterocycles. The Morgan fingerprint density at radius 3 is 2.18 bits per heavy atom. The van der Waals surface area contributed by atoms with Crippen LogP contribution in [0.5, 0.6) is 0 Å². The highest BCUT2D eigenvalue weighted by Crippen LogP contribution is 2.13. The second-order valence-electron chi connectivity index (χ2n) is 7.62. The van der Waals surface area contributed by atoms with Crippen molar-refractivity contribution in [2.45, 2.75) is 13.8 Å². The Morgan fingerprint density at radius 2 is 1.64 bits per heavy atom. The molecule has 2 aliphatic rings. The number of rotatable bonds is 5. The van der Waals surface area contributed by atoms with Gasteiger partial charge in [-0.25, -0.2) is 0 Å².